The van der Waals surface area contributed by atoms with Gasteiger partial charge in [0, 0.05) is 39.8 Å². The van der Waals surface area contributed by atoms with Gasteiger partial charge in [-0.3, -0.25) is 4.99 Å². The number of ether oxygens (including phenoxy) is 1. The first kappa shape index (κ1) is 23.9. The zero-order chi connectivity index (χ0) is 23.8. The van der Waals surface area contributed by atoms with E-state index in [-0.39, 0.29) is 6.09 Å². The van der Waals surface area contributed by atoms with Crippen LogP contribution in [-0.2, 0) is 17.5 Å². The van der Waals surface area contributed by atoms with Crippen molar-refractivity contribution in [2.75, 3.05) is 38.1 Å². The monoisotopic (exact) mass is 453 g/mol. The number of amides is 1. The first-order valence-electron chi connectivity index (χ1n) is 10.6. The highest BCUT2D eigenvalue weighted by Crippen LogP contribution is 2.33. The molecule has 1 fully saturated rings. The van der Waals surface area contributed by atoms with E-state index in [0.29, 0.717) is 60.6 Å². The van der Waals surface area contributed by atoms with Gasteiger partial charge in [0.25, 0.3) is 0 Å². The van der Waals surface area contributed by atoms with Gasteiger partial charge in [-0.05, 0) is 52.3 Å². The molecule has 1 aliphatic heterocycles. The third-order valence-electron chi connectivity index (χ3n) is 5.33. The van der Waals surface area contributed by atoms with Crippen molar-refractivity contribution >= 4 is 22.9 Å². The van der Waals surface area contributed by atoms with Gasteiger partial charge < -0.3 is 19.1 Å². The van der Waals surface area contributed by atoms with E-state index in [4.69, 9.17) is 9.72 Å². The SMILES string of the molecule is CCn1c(=NC)c(N2CCN(C(=O)OC(C)(C)C)CC2)nc2c(C)cc(C(F)(F)F)cc21. The summed E-state index contributed by atoms with van der Waals surface area (Å²) >= 11 is 0. The molecule has 1 aliphatic rings. The molecule has 1 aromatic heterocycles. The lowest BCUT2D eigenvalue weighted by Crippen LogP contribution is -2.51. The van der Waals surface area contributed by atoms with Gasteiger partial charge in [-0.25, -0.2) is 9.78 Å². The summed E-state index contributed by atoms with van der Waals surface area (Å²) < 4.78 is 47.4. The van der Waals surface area contributed by atoms with E-state index in [1.165, 1.54) is 0 Å². The maximum Gasteiger partial charge on any atom is 0.416 e. The van der Waals surface area contributed by atoms with Crippen LogP contribution in [-0.4, -0.2) is 59.4 Å². The molecule has 1 saturated heterocycles. The van der Waals surface area contributed by atoms with Crippen LogP contribution in [0.4, 0.5) is 23.8 Å². The van der Waals surface area contributed by atoms with E-state index >= 15 is 0 Å². The molecule has 1 amide bonds. The number of halogens is 3. The standard InChI is InChI=1S/C22H30F3N5O2/c1-7-30-16-13-15(22(23,24)25)12-14(2)17(16)27-19(18(30)26-6)28-8-10-29(11-9-28)20(31)32-21(3,4)5/h12-13H,7-11H2,1-6H3. The fourth-order valence-corrected chi connectivity index (χ4v) is 3.85. The van der Waals surface area contributed by atoms with Gasteiger partial charge in [0.15, 0.2) is 11.3 Å². The molecule has 0 atom stereocenters. The third-order valence-corrected chi connectivity index (χ3v) is 5.33. The van der Waals surface area contributed by atoms with Crippen LogP contribution in [0.3, 0.4) is 0 Å². The third kappa shape index (κ3) is 4.83. The highest BCUT2D eigenvalue weighted by Gasteiger charge is 2.32. The Morgan fingerprint density at radius 1 is 1.16 bits per heavy atom. The van der Waals surface area contributed by atoms with Crippen molar-refractivity contribution in [3.63, 3.8) is 0 Å². The number of carbonyl (C=O) groups excluding carboxylic acids is 1. The molecule has 2 aromatic rings. The number of aromatic nitrogens is 2. The molecule has 0 bridgehead atoms. The molecular weight excluding hydrogens is 423 g/mol. The summed E-state index contributed by atoms with van der Waals surface area (Å²) in [4.78, 5) is 25.1. The number of hydrogen-bond acceptors (Lipinski definition) is 5. The molecule has 10 heteroatoms. The van der Waals surface area contributed by atoms with Gasteiger partial charge in [-0.2, -0.15) is 13.2 Å². The van der Waals surface area contributed by atoms with Gasteiger partial charge in [0.05, 0.1) is 16.6 Å². The lowest BCUT2D eigenvalue weighted by Gasteiger charge is -2.36. The number of hydrogen-bond donors (Lipinski definition) is 0. The molecule has 176 valence electrons. The molecule has 2 heterocycles. The first-order valence-corrected chi connectivity index (χ1v) is 10.6. The molecule has 0 unspecified atom stereocenters. The van der Waals surface area contributed by atoms with E-state index in [1.54, 1.807) is 23.4 Å². The normalized spacial score (nSPS) is 16.1. The van der Waals surface area contributed by atoms with Crippen molar-refractivity contribution in [3.05, 3.63) is 28.7 Å². The number of nitrogens with zero attached hydrogens (tertiary/aromatic N) is 5. The molecule has 3 rings (SSSR count). The Bertz CT molecular complexity index is 1080. The van der Waals surface area contributed by atoms with E-state index in [9.17, 15) is 18.0 Å². The van der Waals surface area contributed by atoms with Crippen LogP contribution in [0.25, 0.3) is 11.0 Å². The smallest absolute Gasteiger partial charge is 0.416 e. The Morgan fingerprint density at radius 2 is 1.78 bits per heavy atom. The van der Waals surface area contributed by atoms with E-state index < -0.39 is 17.3 Å². The molecular formula is C22H30F3N5O2. The number of rotatable bonds is 2. The summed E-state index contributed by atoms with van der Waals surface area (Å²) in [6.45, 7) is 11.4. The van der Waals surface area contributed by atoms with Crippen LogP contribution in [0, 0.1) is 6.92 Å². The summed E-state index contributed by atoms with van der Waals surface area (Å²) in [5, 5.41) is 0. The van der Waals surface area contributed by atoms with Gasteiger partial charge in [-0.15, -0.1) is 0 Å². The number of benzene rings is 1. The summed E-state index contributed by atoms with van der Waals surface area (Å²) in [5.74, 6) is 0.605. The second-order valence-electron chi connectivity index (χ2n) is 8.84. The Balaban J connectivity index is 2.00. The van der Waals surface area contributed by atoms with Crippen molar-refractivity contribution in [3.8, 4) is 0 Å². The lowest BCUT2D eigenvalue weighted by molar-refractivity contribution is -0.137. The quantitative estimate of drug-likeness (QED) is 0.690. The minimum absolute atomic E-state index is 0.358. The Morgan fingerprint density at radius 3 is 2.28 bits per heavy atom. The predicted octanol–water partition coefficient (Wildman–Crippen LogP) is 3.97. The largest absolute Gasteiger partial charge is 0.444 e. The molecule has 0 N–H and O–H groups in total. The zero-order valence-electron chi connectivity index (χ0n) is 19.4. The van der Waals surface area contributed by atoms with Crippen molar-refractivity contribution in [1.29, 1.82) is 0 Å². The van der Waals surface area contributed by atoms with E-state index in [0.717, 1.165) is 12.1 Å². The fourth-order valence-electron chi connectivity index (χ4n) is 3.85. The maximum absolute atomic E-state index is 13.4. The van der Waals surface area contributed by atoms with Crippen molar-refractivity contribution in [2.24, 2.45) is 4.99 Å². The predicted molar refractivity (Wildman–Crippen MR) is 117 cm³/mol. The molecule has 0 aliphatic carbocycles. The van der Waals surface area contributed by atoms with Crippen LogP contribution < -0.4 is 10.4 Å². The van der Waals surface area contributed by atoms with Crippen molar-refractivity contribution in [1.82, 2.24) is 14.5 Å². The lowest BCUT2D eigenvalue weighted by atomic mass is 10.1. The van der Waals surface area contributed by atoms with Gasteiger partial charge in [-0.1, -0.05) is 0 Å². The number of anilines is 1. The van der Waals surface area contributed by atoms with Crippen molar-refractivity contribution in [2.45, 2.75) is 52.9 Å². The second-order valence-corrected chi connectivity index (χ2v) is 8.84. The zero-order valence-corrected chi connectivity index (χ0v) is 19.4. The Labute approximate surface area is 185 Å². The Hall–Kier alpha value is -2.78. The minimum atomic E-state index is -4.44. The molecule has 0 radical (unpaired) electrons. The summed E-state index contributed by atoms with van der Waals surface area (Å²) in [5.41, 5.74) is 0.611. The number of piperazine rings is 1. The number of alkyl halides is 3. The van der Waals surface area contributed by atoms with E-state index in [2.05, 4.69) is 4.99 Å². The number of aryl methyl sites for hydroxylation is 2. The molecule has 32 heavy (non-hydrogen) atoms. The van der Waals surface area contributed by atoms with Crippen LogP contribution in [0.5, 0.6) is 0 Å². The van der Waals surface area contributed by atoms with Crippen LogP contribution in [0.15, 0.2) is 17.1 Å². The molecule has 0 spiro atoms. The van der Waals surface area contributed by atoms with Crippen LogP contribution in [0.1, 0.15) is 38.8 Å². The molecule has 1 aromatic carbocycles. The van der Waals surface area contributed by atoms with E-state index in [1.807, 2.05) is 32.6 Å². The van der Waals surface area contributed by atoms with Crippen LogP contribution in [0.2, 0.25) is 0 Å². The minimum Gasteiger partial charge on any atom is -0.444 e. The summed E-state index contributed by atoms with van der Waals surface area (Å²) in [6, 6.07) is 2.26. The highest BCUT2D eigenvalue weighted by molar-refractivity contribution is 5.81. The van der Waals surface area contributed by atoms with Crippen molar-refractivity contribution < 1.29 is 22.7 Å². The maximum atomic E-state index is 13.4. The topological polar surface area (TPSA) is 63.0 Å². The van der Waals surface area contributed by atoms with Gasteiger partial charge in [0.2, 0.25) is 0 Å². The Kier molecular flexibility index (Phi) is 6.44. The second kappa shape index (κ2) is 8.63. The summed E-state index contributed by atoms with van der Waals surface area (Å²) in [7, 11) is 1.61. The van der Waals surface area contributed by atoms with Crippen LogP contribution >= 0.6 is 0 Å². The summed E-state index contributed by atoms with van der Waals surface area (Å²) in [6.07, 6.45) is -4.80. The van der Waals surface area contributed by atoms with Gasteiger partial charge >= 0.3 is 12.3 Å². The highest BCUT2D eigenvalue weighted by atomic mass is 19.4. The first-order chi connectivity index (χ1) is 14.9. The number of carbonyl (C=O) groups is 1. The molecule has 0 saturated carbocycles. The molecule has 7 nitrogen and oxygen atoms in total. The van der Waals surface area contributed by atoms with Gasteiger partial charge in [0.1, 0.15) is 5.60 Å². The average Bonchev–Trinajstić information content (AvgIpc) is 2.70. The number of fused-ring (bicyclic) bond motifs is 1. The fraction of sp³-hybridized carbons (Fsp3) is 0.591. The average molecular weight is 454 g/mol.